The van der Waals surface area contributed by atoms with E-state index in [1.807, 2.05) is 50.1 Å². The molecule has 0 bridgehead atoms. The summed E-state index contributed by atoms with van der Waals surface area (Å²) < 4.78 is 5.38. The molecule has 0 fully saturated rings. The number of benzene rings is 1. The third-order valence-corrected chi connectivity index (χ3v) is 3.70. The van der Waals surface area contributed by atoms with Gasteiger partial charge in [-0.05, 0) is 19.9 Å². The first-order chi connectivity index (χ1) is 10.9. The maximum Gasteiger partial charge on any atom is 0.227 e. The van der Waals surface area contributed by atoms with Gasteiger partial charge in [0, 0.05) is 39.8 Å². The van der Waals surface area contributed by atoms with Crippen molar-refractivity contribution in [1.29, 1.82) is 0 Å². The van der Waals surface area contributed by atoms with Crippen LogP contribution in [0.4, 0.5) is 0 Å². The van der Waals surface area contributed by atoms with Crippen molar-refractivity contribution in [1.82, 2.24) is 15.5 Å². The van der Waals surface area contributed by atoms with Crippen molar-refractivity contribution >= 4 is 35.8 Å². The van der Waals surface area contributed by atoms with Gasteiger partial charge in [-0.1, -0.05) is 18.2 Å². The van der Waals surface area contributed by atoms with Gasteiger partial charge in [0.1, 0.15) is 5.75 Å². The molecule has 0 spiro atoms. The van der Waals surface area contributed by atoms with E-state index >= 15 is 0 Å². The lowest BCUT2D eigenvalue weighted by molar-refractivity contribution is -0.128. The Morgan fingerprint density at radius 1 is 1.33 bits per heavy atom. The Morgan fingerprint density at radius 2 is 1.96 bits per heavy atom. The summed E-state index contributed by atoms with van der Waals surface area (Å²) in [5.41, 5.74) is 0.557. The minimum atomic E-state index is -0.518. The average Bonchev–Trinajstić information content (AvgIpc) is 2.54. The second-order valence-corrected chi connectivity index (χ2v) is 6.03. The molecule has 0 atom stereocenters. The van der Waals surface area contributed by atoms with Crippen molar-refractivity contribution in [3.63, 3.8) is 0 Å². The first-order valence-corrected chi connectivity index (χ1v) is 7.61. The molecule has 6 nitrogen and oxygen atoms in total. The van der Waals surface area contributed by atoms with Crippen LogP contribution in [0.3, 0.4) is 0 Å². The van der Waals surface area contributed by atoms with E-state index in [0.717, 1.165) is 17.3 Å². The molecule has 0 unspecified atom stereocenters. The third-order valence-electron chi connectivity index (χ3n) is 3.70. The lowest BCUT2D eigenvalue weighted by Crippen LogP contribution is -2.47. The second kappa shape index (κ2) is 10.4. The van der Waals surface area contributed by atoms with Crippen LogP contribution in [0.5, 0.6) is 5.75 Å². The van der Waals surface area contributed by atoms with Crippen molar-refractivity contribution < 1.29 is 9.53 Å². The van der Waals surface area contributed by atoms with Crippen molar-refractivity contribution in [3.05, 3.63) is 29.8 Å². The van der Waals surface area contributed by atoms with Gasteiger partial charge >= 0.3 is 0 Å². The summed E-state index contributed by atoms with van der Waals surface area (Å²) in [6.07, 6.45) is 0. The van der Waals surface area contributed by atoms with Gasteiger partial charge in [-0.25, -0.2) is 0 Å². The van der Waals surface area contributed by atoms with E-state index in [-0.39, 0.29) is 29.9 Å². The summed E-state index contributed by atoms with van der Waals surface area (Å²) >= 11 is 0. The molecule has 1 aromatic rings. The van der Waals surface area contributed by atoms with E-state index in [1.54, 1.807) is 21.2 Å². The molecule has 0 aromatic heterocycles. The largest absolute Gasteiger partial charge is 0.496 e. The Balaban J connectivity index is 0.00000529. The highest BCUT2D eigenvalue weighted by molar-refractivity contribution is 14.0. The first kappa shape index (κ1) is 22.5. The number of nitrogens with one attached hydrogen (secondary N) is 2. The number of methoxy groups -OCH3 is 1. The van der Waals surface area contributed by atoms with Gasteiger partial charge in [0.25, 0.3) is 0 Å². The number of amides is 1. The molecule has 0 radical (unpaired) electrons. The number of aliphatic imine (C=N–C) groups is 1. The maximum atomic E-state index is 11.9. The number of halogens is 1. The summed E-state index contributed by atoms with van der Waals surface area (Å²) in [5.74, 6) is 1.57. The molecule has 1 aromatic carbocycles. The smallest absolute Gasteiger partial charge is 0.227 e. The number of nitrogens with zero attached hydrogens (tertiary/aromatic N) is 2. The molecule has 7 heteroatoms. The van der Waals surface area contributed by atoms with Crippen molar-refractivity contribution in [2.45, 2.75) is 20.4 Å². The zero-order chi connectivity index (χ0) is 17.5. The van der Waals surface area contributed by atoms with Gasteiger partial charge in [-0.2, -0.15) is 0 Å². The zero-order valence-electron chi connectivity index (χ0n) is 15.3. The van der Waals surface area contributed by atoms with Crippen molar-refractivity contribution in [2.75, 3.05) is 34.8 Å². The Bertz CT molecular complexity index is 561. The minimum Gasteiger partial charge on any atom is -0.496 e. The molecule has 0 aliphatic heterocycles. The lowest BCUT2D eigenvalue weighted by atomic mass is 9.92. The van der Waals surface area contributed by atoms with Crippen LogP contribution in [0.1, 0.15) is 19.4 Å². The lowest BCUT2D eigenvalue weighted by Gasteiger charge is -2.28. The van der Waals surface area contributed by atoms with Crippen LogP contribution in [-0.4, -0.2) is 51.6 Å². The number of ether oxygens (including phenoxy) is 1. The van der Waals surface area contributed by atoms with Gasteiger partial charge < -0.3 is 20.3 Å². The number of hydrogen-bond donors (Lipinski definition) is 2. The second-order valence-electron chi connectivity index (χ2n) is 6.03. The summed E-state index contributed by atoms with van der Waals surface area (Å²) in [4.78, 5) is 18.1. The van der Waals surface area contributed by atoms with Gasteiger partial charge in [-0.3, -0.25) is 9.79 Å². The standard InChI is InChI=1S/C17H28N4O2.HI/c1-17(2,15(22)18-3)12-20-16(19-4)21(5)11-13-9-7-8-10-14(13)23-6;/h7-10H,11-12H2,1-6H3,(H,18,22)(H,19,20);1H. The number of carbonyl (C=O) groups excluding carboxylic acids is 1. The number of hydrogen-bond acceptors (Lipinski definition) is 3. The summed E-state index contributed by atoms with van der Waals surface area (Å²) in [7, 11) is 6.99. The monoisotopic (exact) mass is 448 g/mol. The molecular weight excluding hydrogens is 419 g/mol. The predicted molar refractivity (Wildman–Crippen MR) is 109 cm³/mol. The van der Waals surface area contributed by atoms with E-state index < -0.39 is 5.41 Å². The first-order valence-electron chi connectivity index (χ1n) is 7.61. The van der Waals surface area contributed by atoms with Gasteiger partial charge in [-0.15, -0.1) is 24.0 Å². The van der Waals surface area contributed by atoms with Gasteiger partial charge in [0.15, 0.2) is 5.96 Å². The maximum absolute atomic E-state index is 11.9. The molecule has 0 saturated carbocycles. The van der Waals surface area contributed by atoms with Crippen molar-refractivity contribution in [2.24, 2.45) is 10.4 Å². The van der Waals surface area contributed by atoms with E-state index in [0.29, 0.717) is 13.1 Å². The Labute approximate surface area is 162 Å². The Morgan fingerprint density at radius 3 is 2.50 bits per heavy atom. The number of guanidine groups is 1. The highest BCUT2D eigenvalue weighted by atomic mass is 127. The topological polar surface area (TPSA) is 66.0 Å². The fraction of sp³-hybridized carbons (Fsp3) is 0.529. The van der Waals surface area contributed by atoms with Crippen LogP contribution in [0.2, 0.25) is 0 Å². The molecule has 2 N–H and O–H groups in total. The quantitative estimate of drug-likeness (QED) is 0.398. The number of rotatable bonds is 6. The van der Waals surface area contributed by atoms with Gasteiger partial charge in [0.2, 0.25) is 5.91 Å². The normalized spacial score (nSPS) is 11.3. The molecule has 0 heterocycles. The summed E-state index contributed by atoms with van der Waals surface area (Å²) in [5, 5.41) is 5.94. The predicted octanol–water partition coefficient (Wildman–Crippen LogP) is 2.09. The number of para-hydroxylation sites is 1. The molecule has 136 valence electrons. The molecule has 1 rings (SSSR count). The van der Waals surface area contributed by atoms with E-state index in [9.17, 15) is 4.79 Å². The fourth-order valence-corrected chi connectivity index (χ4v) is 2.27. The molecule has 0 saturated heterocycles. The molecule has 0 aliphatic rings. The highest BCUT2D eigenvalue weighted by Gasteiger charge is 2.27. The average molecular weight is 448 g/mol. The molecular formula is C17H29IN4O2. The molecule has 0 aliphatic carbocycles. The number of carbonyl (C=O) groups is 1. The van der Waals surface area contributed by atoms with Gasteiger partial charge in [0.05, 0.1) is 12.5 Å². The SMILES string of the molecule is CN=C(NCC(C)(C)C(=O)NC)N(C)Cc1ccccc1OC.I. The van der Waals surface area contributed by atoms with Crippen LogP contribution in [-0.2, 0) is 11.3 Å². The highest BCUT2D eigenvalue weighted by Crippen LogP contribution is 2.19. The fourth-order valence-electron chi connectivity index (χ4n) is 2.27. The Hall–Kier alpha value is -1.51. The van der Waals surface area contributed by atoms with Crippen LogP contribution >= 0.6 is 24.0 Å². The van der Waals surface area contributed by atoms with Crippen LogP contribution < -0.4 is 15.4 Å². The minimum absolute atomic E-state index is 0. The third kappa shape index (κ3) is 6.18. The van der Waals surface area contributed by atoms with Crippen molar-refractivity contribution in [3.8, 4) is 5.75 Å². The van der Waals surface area contributed by atoms with E-state index in [2.05, 4.69) is 15.6 Å². The molecule has 24 heavy (non-hydrogen) atoms. The van der Waals surface area contributed by atoms with Crippen LogP contribution in [0, 0.1) is 5.41 Å². The van der Waals surface area contributed by atoms with E-state index in [4.69, 9.17) is 4.74 Å². The summed E-state index contributed by atoms with van der Waals surface area (Å²) in [6, 6.07) is 7.89. The van der Waals surface area contributed by atoms with Crippen LogP contribution in [0.15, 0.2) is 29.3 Å². The summed E-state index contributed by atoms with van der Waals surface area (Å²) in [6.45, 7) is 4.94. The van der Waals surface area contributed by atoms with Crippen LogP contribution in [0.25, 0.3) is 0 Å². The van der Waals surface area contributed by atoms with E-state index in [1.165, 1.54) is 0 Å². The Kier molecular flexibility index (Phi) is 9.72. The molecule has 1 amide bonds. The zero-order valence-corrected chi connectivity index (χ0v) is 17.7.